The van der Waals surface area contributed by atoms with Gasteiger partial charge in [-0.2, -0.15) is 0 Å². The molecule has 0 aliphatic carbocycles. The minimum atomic E-state index is -0.105. The van der Waals surface area contributed by atoms with Crippen molar-refractivity contribution in [2.45, 2.75) is 19.3 Å². The van der Waals surface area contributed by atoms with Gasteiger partial charge in [0, 0.05) is 37.0 Å². The number of carbonyl (C=O) groups excluding carboxylic acids is 2. The normalized spacial score (nSPS) is 13.9. The van der Waals surface area contributed by atoms with Crippen molar-refractivity contribution in [2.24, 2.45) is 0 Å². The van der Waals surface area contributed by atoms with Gasteiger partial charge in [0.1, 0.15) is 0 Å². The first-order valence-electron chi connectivity index (χ1n) is 8.47. The molecule has 0 atom stereocenters. The first-order valence-corrected chi connectivity index (χ1v) is 8.47. The summed E-state index contributed by atoms with van der Waals surface area (Å²) in [5, 5.41) is 0. The highest BCUT2D eigenvalue weighted by Gasteiger charge is 2.32. The van der Waals surface area contributed by atoms with Crippen LogP contribution in [0.15, 0.2) is 36.7 Å². The van der Waals surface area contributed by atoms with E-state index in [-0.39, 0.29) is 18.1 Å². The number of aromatic nitrogens is 1. The minimum Gasteiger partial charge on any atom is -0.493 e. The van der Waals surface area contributed by atoms with Crippen molar-refractivity contribution in [3.05, 3.63) is 53.3 Å². The summed E-state index contributed by atoms with van der Waals surface area (Å²) in [7, 11) is 3.05. The van der Waals surface area contributed by atoms with Crippen LogP contribution < -0.4 is 9.47 Å². The van der Waals surface area contributed by atoms with Crippen molar-refractivity contribution < 1.29 is 19.1 Å². The number of carbonyl (C=O) groups is 2. The van der Waals surface area contributed by atoms with Crippen molar-refractivity contribution in [3.8, 4) is 11.5 Å². The van der Waals surface area contributed by atoms with Gasteiger partial charge in [-0.25, -0.2) is 0 Å². The molecule has 6 heteroatoms. The summed E-state index contributed by atoms with van der Waals surface area (Å²) in [5.41, 5.74) is 2.34. The van der Waals surface area contributed by atoms with E-state index >= 15 is 0 Å². The Morgan fingerprint density at radius 3 is 2.31 bits per heavy atom. The lowest BCUT2D eigenvalue weighted by molar-refractivity contribution is -0.134. The molecule has 1 amide bonds. The van der Waals surface area contributed by atoms with Crippen LogP contribution in [-0.4, -0.2) is 48.9 Å². The zero-order chi connectivity index (χ0) is 18.7. The molecule has 0 bridgehead atoms. The molecular weight excluding hydrogens is 332 g/mol. The van der Waals surface area contributed by atoms with Gasteiger partial charge in [-0.3, -0.25) is 14.6 Å². The highest BCUT2D eigenvalue weighted by Crippen LogP contribution is 2.32. The second-order valence-corrected chi connectivity index (χ2v) is 6.37. The number of methoxy groups -OCH3 is 2. The fraction of sp³-hybridized carbons (Fsp3) is 0.350. The van der Waals surface area contributed by atoms with Crippen LogP contribution >= 0.6 is 0 Å². The van der Waals surface area contributed by atoms with E-state index in [9.17, 15) is 9.59 Å². The summed E-state index contributed by atoms with van der Waals surface area (Å²) in [4.78, 5) is 30.4. The van der Waals surface area contributed by atoms with Crippen molar-refractivity contribution in [2.75, 3.05) is 27.3 Å². The fourth-order valence-corrected chi connectivity index (χ4v) is 3.20. The van der Waals surface area contributed by atoms with Gasteiger partial charge in [-0.1, -0.05) is 0 Å². The molecule has 6 nitrogen and oxygen atoms in total. The van der Waals surface area contributed by atoms with Gasteiger partial charge in [0.2, 0.25) is 5.91 Å². The summed E-state index contributed by atoms with van der Waals surface area (Å²) in [6.45, 7) is 2.86. The van der Waals surface area contributed by atoms with E-state index in [2.05, 4.69) is 4.98 Å². The highest BCUT2D eigenvalue weighted by atomic mass is 16.5. The summed E-state index contributed by atoms with van der Waals surface area (Å²) in [6, 6.07) is 7.32. The molecule has 0 radical (unpaired) electrons. The maximum absolute atomic E-state index is 12.6. The Morgan fingerprint density at radius 2 is 1.73 bits per heavy atom. The predicted octanol–water partition coefficient (Wildman–Crippen LogP) is 2.47. The number of hydrogen-bond donors (Lipinski definition) is 0. The number of rotatable bonds is 6. The third kappa shape index (κ3) is 3.54. The van der Waals surface area contributed by atoms with Gasteiger partial charge < -0.3 is 14.4 Å². The van der Waals surface area contributed by atoms with Gasteiger partial charge in [0.05, 0.1) is 20.6 Å². The van der Waals surface area contributed by atoms with Gasteiger partial charge in [-0.05, 0) is 42.3 Å². The monoisotopic (exact) mass is 354 g/mol. The molecule has 3 rings (SSSR count). The molecule has 1 aliphatic rings. The lowest BCUT2D eigenvalue weighted by atomic mass is 9.91. The zero-order valence-electron chi connectivity index (χ0n) is 15.2. The number of amides is 1. The summed E-state index contributed by atoms with van der Waals surface area (Å²) in [6.07, 6.45) is 3.70. The topological polar surface area (TPSA) is 68.7 Å². The number of nitrogens with zero attached hydrogens (tertiary/aromatic N) is 2. The third-order valence-corrected chi connectivity index (χ3v) is 4.74. The van der Waals surface area contributed by atoms with E-state index in [0.29, 0.717) is 41.6 Å². The number of ether oxygens (including phenoxy) is 2. The summed E-state index contributed by atoms with van der Waals surface area (Å²) in [5.74, 6) is 1.24. The Kier molecular flexibility index (Phi) is 5.21. The fourth-order valence-electron chi connectivity index (χ4n) is 3.20. The maximum Gasteiger partial charge on any atom is 0.227 e. The highest BCUT2D eigenvalue weighted by molar-refractivity contribution is 5.97. The molecule has 0 spiro atoms. The Balaban J connectivity index is 1.72. The number of pyridine rings is 1. The van der Waals surface area contributed by atoms with E-state index in [4.69, 9.17) is 9.47 Å². The van der Waals surface area contributed by atoms with Crippen molar-refractivity contribution in [1.82, 2.24) is 9.88 Å². The van der Waals surface area contributed by atoms with E-state index in [1.54, 1.807) is 24.5 Å². The lowest BCUT2D eigenvalue weighted by Crippen LogP contribution is -2.49. The van der Waals surface area contributed by atoms with E-state index in [1.807, 2.05) is 17.0 Å². The molecule has 2 aromatic rings. The standard InChI is InChI=1S/C20H22N2O4/c1-13(23)17-10-19(26-3)18(25-2)8-15(17)9-20(24)22-11-16(12-22)14-4-6-21-7-5-14/h4-8,10,16H,9,11-12H2,1-3H3. The predicted molar refractivity (Wildman–Crippen MR) is 96.8 cm³/mol. The average Bonchev–Trinajstić information content (AvgIpc) is 2.60. The average molecular weight is 354 g/mol. The van der Waals surface area contributed by atoms with E-state index in [1.165, 1.54) is 26.7 Å². The number of hydrogen-bond acceptors (Lipinski definition) is 5. The van der Waals surface area contributed by atoms with Crippen LogP contribution in [0, 0.1) is 0 Å². The number of benzene rings is 1. The van der Waals surface area contributed by atoms with Gasteiger partial charge in [-0.15, -0.1) is 0 Å². The molecule has 0 unspecified atom stereocenters. The first-order chi connectivity index (χ1) is 12.5. The van der Waals surface area contributed by atoms with Crippen LogP contribution in [0.25, 0.3) is 0 Å². The van der Waals surface area contributed by atoms with Crippen molar-refractivity contribution >= 4 is 11.7 Å². The maximum atomic E-state index is 12.6. The molecule has 136 valence electrons. The molecule has 26 heavy (non-hydrogen) atoms. The minimum absolute atomic E-state index is 0.00465. The van der Waals surface area contributed by atoms with Crippen LogP contribution in [0.4, 0.5) is 0 Å². The smallest absolute Gasteiger partial charge is 0.227 e. The third-order valence-electron chi connectivity index (χ3n) is 4.74. The summed E-state index contributed by atoms with van der Waals surface area (Å²) >= 11 is 0. The number of Topliss-reactive ketones (excluding diaryl/α,β-unsaturated/α-hetero) is 1. The van der Waals surface area contributed by atoms with Gasteiger partial charge >= 0.3 is 0 Å². The second-order valence-electron chi connectivity index (χ2n) is 6.37. The van der Waals surface area contributed by atoms with E-state index < -0.39 is 0 Å². The molecule has 0 N–H and O–H groups in total. The molecule has 2 heterocycles. The van der Waals surface area contributed by atoms with Gasteiger partial charge in [0.15, 0.2) is 17.3 Å². The van der Waals surface area contributed by atoms with Gasteiger partial charge in [0.25, 0.3) is 0 Å². The first kappa shape index (κ1) is 17.9. The molecular formula is C20H22N2O4. The SMILES string of the molecule is COc1cc(CC(=O)N2CC(c3ccncc3)C2)c(C(C)=O)cc1OC. The molecule has 1 aromatic heterocycles. The molecule has 1 saturated heterocycles. The quantitative estimate of drug-likeness (QED) is 0.746. The Hall–Kier alpha value is -2.89. The van der Waals surface area contributed by atoms with Crippen LogP contribution in [0.3, 0.4) is 0 Å². The molecule has 1 fully saturated rings. The largest absolute Gasteiger partial charge is 0.493 e. The Morgan fingerprint density at radius 1 is 1.12 bits per heavy atom. The Bertz CT molecular complexity index is 814. The lowest BCUT2D eigenvalue weighted by Gasteiger charge is -2.39. The van der Waals surface area contributed by atoms with Crippen LogP contribution in [0.2, 0.25) is 0 Å². The number of ketones is 1. The zero-order valence-corrected chi connectivity index (χ0v) is 15.2. The van der Waals surface area contributed by atoms with Crippen LogP contribution in [-0.2, 0) is 11.2 Å². The van der Waals surface area contributed by atoms with Crippen molar-refractivity contribution in [1.29, 1.82) is 0 Å². The molecule has 1 aromatic carbocycles. The van der Waals surface area contributed by atoms with E-state index in [0.717, 1.165) is 0 Å². The summed E-state index contributed by atoms with van der Waals surface area (Å²) < 4.78 is 10.6. The number of likely N-dealkylation sites (tertiary alicyclic amines) is 1. The Labute approximate surface area is 152 Å². The molecule has 0 saturated carbocycles. The molecule has 1 aliphatic heterocycles. The van der Waals surface area contributed by atoms with Crippen LogP contribution in [0.5, 0.6) is 11.5 Å². The van der Waals surface area contributed by atoms with Crippen molar-refractivity contribution in [3.63, 3.8) is 0 Å². The van der Waals surface area contributed by atoms with Crippen LogP contribution in [0.1, 0.15) is 34.3 Å². The second kappa shape index (κ2) is 7.56.